The molecule has 9 atom stereocenters. The Balaban J connectivity index is 1.45. The van der Waals surface area contributed by atoms with Crippen molar-refractivity contribution in [3.8, 4) is 0 Å². The number of fused-ring (bicyclic) bond motifs is 1. The van der Waals surface area contributed by atoms with Gasteiger partial charge in [0.25, 0.3) is 0 Å². The summed E-state index contributed by atoms with van der Waals surface area (Å²) in [7, 11) is 0. The number of nitrogens with zero attached hydrogens (tertiary/aromatic N) is 3. The van der Waals surface area contributed by atoms with Gasteiger partial charge < -0.3 is 85.2 Å². The average Bonchev–Trinajstić information content (AvgIpc) is 4.37. The average molecular weight is 1210 g/mol. The van der Waals surface area contributed by atoms with Gasteiger partial charge in [0, 0.05) is 79.3 Å². The molecule has 0 spiro atoms. The molecule has 2 aromatic carbocycles. The molecule has 456 valence electrons. The molecule has 1 aliphatic heterocycles. The van der Waals surface area contributed by atoms with Crippen LogP contribution in [-0.2, 0) is 67.2 Å². The van der Waals surface area contributed by atoms with E-state index in [1.54, 1.807) is 60.8 Å². The number of likely N-dealkylation sites (tertiary alicyclic amines) is 1. The molecule has 0 aliphatic carbocycles. The van der Waals surface area contributed by atoms with Crippen LogP contribution < -0.4 is 60.2 Å². The first-order chi connectivity index (χ1) is 40.2. The third kappa shape index (κ3) is 20.6. The normalized spacial score (nSPS) is 15.8. The number of para-hydroxylation sites is 1. The Morgan fingerprint density at radius 1 is 0.655 bits per heavy atom. The van der Waals surface area contributed by atoms with E-state index >= 15 is 0 Å². The number of nitrogens with two attached hydrogens (primary N) is 4. The number of carbonyl (C=O) groups excluding carboxylic acids is 8. The maximum Gasteiger partial charge on any atom is 0.326 e. The van der Waals surface area contributed by atoms with Crippen molar-refractivity contribution in [3.05, 3.63) is 90.1 Å². The summed E-state index contributed by atoms with van der Waals surface area (Å²) in [5.41, 5.74) is 25.0. The number of carboxylic acid groups (broad SMARTS) is 2. The molecule has 84 heavy (non-hydrogen) atoms. The molecule has 19 N–H and O–H groups in total. The van der Waals surface area contributed by atoms with Crippen molar-refractivity contribution in [3.63, 3.8) is 0 Å². The Bertz CT molecular complexity index is 2910. The number of H-pyrrole nitrogens is 2. The van der Waals surface area contributed by atoms with Gasteiger partial charge in [0.05, 0.1) is 12.4 Å². The van der Waals surface area contributed by atoms with Crippen LogP contribution in [0.25, 0.3) is 10.9 Å². The quantitative estimate of drug-likeness (QED) is 0.00990. The van der Waals surface area contributed by atoms with E-state index in [4.69, 9.17) is 22.9 Å². The third-order valence-corrected chi connectivity index (χ3v) is 14.6. The minimum Gasteiger partial charge on any atom is -0.481 e. The molecule has 4 aromatic rings. The first-order valence-corrected chi connectivity index (χ1v) is 28.7. The SMILES string of the molecule is NCCCC[C@H](NC(=O)[C@H](CS)NC(=O)[C@H](Cc1c[nH]c2ccccc12)NC(=O)[C@H](CCCN=C(N)N)NC(=O)[C@H](Cc1ccccc1)NC(=O)[C@H](Cc1cnc[nH]1)NC(=O)[C@H](CCC(=O)O)NC(=O)[C@@H](N)CS)C(=O)N1CCC[C@H]1C(=O)O. The van der Waals surface area contributed by atoms with Crippen LogP contribution in [0.1, 0.15) is 74.6 Å². The number of amides is 8. The molecule has 3 heterocycles. The zero-order chi connectivity index (χ0) is 61.3. The van der Waals surface area contributed by atoms with E-state index < -0.39 is 120 Å². The number of aliphatic carboxylic acids is 2. The van der Waals surface area contributed by atoms with Crippen molar-refractivity contribution in [2.45, 2.75) is 131 Å². The lowest BCUT2D eigenvalue weighted by atomic mass is 10.0. The van der Waals surface area contributed by atoms with Gasteiger partial charge in [-0.3, -0.25) is 48.1 Å². The number of benzene rings is 2. The number of aromatic nitrogens is 3. The topological polar surface area (TPSA) is 460 Å². The van der Waals surface area contributed by atoms with E-state index in [0.29, 0.717) is 53.5 Å². The van der Waals surface area contributed by atoms with E-state index in [2.05, 4.69) is 82.4 Å². The number of thiol groups is 2. The first-order valence-electron chi connectivity index (χ1n) is 27.4. The number of guanidine groups is 1. The summed E-state index contributed by atoms with van der Waals surface area (Å²) < 4.78 is 0. The molecule has 2 aromatic heterocycles. The second-order valence-corrected chi connectivity index (χ2v) is 20.9. The van der Waals surface area contributed by atoms with E-state index in [0.717, 1.165) is 0 Å². The van der Waals surface area contributed by atoms with E-state index in [-0.39, 0.29) is 81.9 Å². The van der Waals surface area contributed by atoms with Crippen LogP contribution in [0.4, 0.5) is 0 Å². The number of carboxylic acids is 2. The molecular weight excluding hydrogens is 1130 g/mol. The maximum absolute atomic E-state index is 14.8. The van der Waals surface area contributed by atoms with Gasteiger partial charge in [0.1, 0.15) is 48.3 Å². The second kappa shape index (κ2) is 33.8. The number of imidazole rings is 1. The number of unbranched alkanes of at least 4 members (excludes halogenated alkanes) is 1. The summed E-state index contributed by atoms with van der Waals surface area (Å²) in [6, 6.07) is 3.52. The first kappa shape index (κ1) is 66.6. The zero-order valence-corrected chi connectivity index (χ0v) is 48.0. The fraction of sp³-hybridized carbons (Fsp3) is 0.481. The van der Waals surface area contributed by atoms with Crippen molar-refractivity contribution in [1.29, 1.82) is 0 Å². The Hall–Kier alpha value is -8.22. The van der Waals surface area contributed by atoms with Gasteiger partial charge in [-0.1, -0.05) is 48.5 Å². The lowest BCUT2D eigenvalue weighted by Crippen LogP contribution is -2.61. The van der Waals surface area contributed by atoms with Crippen LogP contribution >= 0.6 is 25.3 Å². The summed E-state index contributed by atoms with van der Waals surface area (Å²) in [6.07, 6.45) is 4.55. The van der Waals surface area contributed by atoms with Gasteiger partial charge >= 0.3 is 11.9 Å². The molecule has 0 bridgehead atoms. The molecule has 8 amide bonds. The van der Waals surface area contributed by atoms with Gasteiger partial charge in [-0.15, -0.1) is 0 Å². The maximum atomic E-state index is 14.8. The molecule has 30 heteroatoms. The van der Waals surface area contributed by atoms with Gasteiger partial charge in [-0.2, -0.15) is 25.3 Å². The van der Waals surface area contributed by atoms with Gasteiger partial charge in [-0.05, 0) is 75.1 Å². The molecular formula is C54H76N16O12S2. The second-order valence-electron chi connectivity index (χ2n) is 20.1. The molecule has 0 saturated carbocycles. The number of carbonyl (C=O) groups is 10. The highest BCUT2D eigenvalue weighted by Crippen LogP contribution is 2.22. The molecule has 28 nitrogen and oxygen atoms in total. The fourth-order valence-corrected chi connectivity index (χ4v) is 9.77. The van der Waals surface area contributed by atoms with Crippen molar-refractivity contribution in [2.24, 2.45) is 27.9 Å². The van der Waals surface area contributed by atoms with Crippen LogP contribution in [0.3, 0.4) is 0 Å². The van der Waals surface area contributed by atoms with Crippen molar-refractivity contribution in [1.82, 2.24) is 57.1 Å². The van der Waals surface area contributed by atoms with Crippen molar-refractivity contribution >= 4 is 101 Å². The summed E-state index contributed by atoms with van der Waals surface area (Å²) in [5.74, 6) is -9.80. The van der Waals surface area contributed by atoms with Crippen LogP contribution in [0.15, 0.2) is 78.3 Å². The van der Waals surface area contributed by atoms with Gasteiger partial charge in [0.2, 0.25) is 47.3 Å². The summed E-state index contributed by atoms with van der Waals surface area (Å²) >= 11 is 8.40. The lowest BCUT2D eigenvalue weighted by molar-refractivity contribution is -0.149. The van der Waals surface area contributed by atoms with E-state index in [9.17, 15) is 58.2 Å². The molecule has 0 radical (unpaired) electrons. The number of rotatable bonds is 35. The minimum atomic E-state index is -1.49. The highest BCUT2D eigenvalue weighted by atomic mass is 32.1. The Morgan fingerprint density at radius 2 is 1.21 bits per heavy atom. The standard InChI is InChI=1S/C54H76N16O12S2/c55-19-7-6-14-38(52(80)70-21-9-16-43(70)53(81)82)65-51(79)42(28-84)69-49(77)40(23-31-25-61-35-13-5-4-12-33(31)35)67-46(74)36(15-8-20-60-54(57)58)64-48(76)39(22-30-10-2-1-3-11-30)66-50(78)41(24-32-26-59-29-62-32)68-47(75)37(17-18-44(71)72)63-45(73)34(56)27-83/h1-5,10-13,25-26,29,34,36-43,61,83-84H,6-9,14-24,27-28,55-56H2,(H,59,62)(H,63,73)(H,64,76)(H,65,79)(H,66,78)(H,67,74)(H,68,75)(H,69,77)(H,71,72)(H,81,82)(H4,57,58,60)/t34-,36-,37-,38-,39-,40-,41-,42-,43-/m0/s1. The largest absolute Gasteiger partial charge is 0.481 e. The predicted octanol–water partition coefficient (Wildman–Crippen LogP) is -2.38. The smallest absolute Gasteiger partial charge is 0.326 e. The fourth-order valence-electron chi connectivity index (χ4n) is 9.35. The predicted molar refractivity (Wildman–Crippen MR) is 316 cm³/mol. The number of hydrogen-bond donors (Lipinski definition) is 17. The van der Waals surface area contributed by atoms with Crippen LogP contribution in [-0.4, -0.2) is 181 Å². The van der Waals surface area contributed by atoms with Crippen LogP contribution in [0, 0.1) is 0 Å². The molecule has 1 fully saturated rings. The van der Waals surface area contributed by atoms with Gasteiger partial charge in [-0.25, -0.2) is 9.78 Å². The van der Waals surface area contributed by atoms with Crippen molar-refractivity contribution < 1.29 is 58.2 Å². The third-order valence-electron chi connectivity index (χ3n) is 13.8. The van der Waals surface area contributed by atoms with Crippen LogP contribution in [0.2, 0.25) is 0 Å². The number of aliphatic imine (C=N–C) groups is 1. The summed E-state index contributed by atoms with van der Waals surface area (Å²) in [5, 5.41) is 38.5. The number of aromatic amines is 2. The Kier molecular flexibility index (Phi) is 26.8. The lowest BCUT2D eigenvalue weighted by Gasteiger charge is -2.29. The van der Waals surface area contributed by atoms with Gasteiger partial charge in [0.15, 0.2) is 5.96 Å². The van der Waals surface area contributed by atoms with Crippen molar-refractivity contribution in [2.75, 3.05) is 31.1 Å². The van der Waals surface area contributed by atoms with E-state index in [1.165, 1.54) is 17.4 Å². The Morgan fingerprint density at radius 3 is 1.82 bits per heavy atom. The number of nitrogens with one attached hydrogen (secondary N) is 9. The summed E-state index contributed by atoms with van der Waals surface area (Å²) in [4.78, 5) is 152. The highest BCUT2D eigenvalue weighted by molar-refractivity contribution is 7.80. The zero-order valence-electron chi connectivity index (χ0n) is 46.2. The number of hydrogen-bond acceptors (Lipinski definition) is 16. The molecule has 0 unspecified atom stereocenters. The molecule has 5 rings (SSSR count). The van der Waals surface area contributed by atoms with E-state index in [1.807, 2.05) is 0 Å². The minimum absolute atomic E-state index is 0.00192. The highest BCUT2D eigenvalue weighted by Gasteiger charge is 2.39. The van der Waals surface area contributed by atoms with Crippen LogP contribution in [0.5, 0.6) is 0 Å². The molecule has 1 aliphatic rings. The summed E-state index contributed by atoms with van der Waals surface area (Å²) in [6.45, 7) is 0.466. The monoisotopic (exact) mass is 1200 g/mol. The Labute approximate surface area is 495 Å². The molecule has 1 saturated heterocycles.